The van der Waals surface area contributed by atoms with Gasteiger partial charge < -0.3 is 9.47 Å². The average molecular weight is 533 g/mol. The van der Waals surface area contributed by atoms with Crippen molar-refractivity contribution in [3.63, 3.8) is 0 Å². The summed E-state index contributed by atoms with van der Waals surface area (Å²) in [6, 6.07) is 13.8. The maximum absolute atomic E-state index is 14.0. The van der Waals surface area contributed by atoms with Gasteiger partial charge in [0.2, 0.25) is 11.8 Å². The molecule has 1 saturated carbocycles. The molecule has 4 aromatic rings. The molecule has 1 aliphatic carbocycles. The lowest BCUT2D eigenvalue weighted by Crippen LogP contribution is -2.40. The van der Waals surface area contributed by atoms with Crippen LogP contribution in [0, 0.1) is 20.8 Å². The summed E-state index contributed by atoms with van der Waals surface area (Å²) in [4.78, 5) is 27.4. The number of rotatable bonds is 7. The highest BCUT2D eigenvalue weighted by Crippen LogP contribution is 2.62. The maximum atomic E-state index is 14.0. The second-order valence-electron chi connectivity index (χ2n) is 9.53. The quantitative estimate of drug-likeness (QED) is 0.381. The summed E-state index contributed by atoms with van der Waals surface area (Å²) < 4.78 is 40.4. The van der Waals surface area contributed by atoms with Gasteiger partial charge in [-0.05, 0) is 57.5 Å². The highest BCUT2D eigenvalue weighted by molar-refractivity contribution is 7.90. The summed E-state index contributed by atoms with van der Waals surface area (Å²) in [6.07, 6.45) is 1.91. The lowest BCUT2D eigenvalue weighted by molar-refractivity contribution is -0.122. The summed E-state index contributed by atoms with van der Waals surface area (Å²) in [5.74, 6) is -0.185. The molecule has 2 atom stereocenters. The van der Waals surface area contributed by atoms with Gasteiger partial charge in [-0.25, -0.2) is 18.1 Å². The number of sulfonamides is 1. The minimum absolute atomic E-state index is 0.0144. The van der Waals surface area contributed by atoms with Crippen LogP contribution < -0.4 is 14.2 Å². The van der Waals surface area contributed by atoms with Crippen LogP contribution in [0.1, 0.15) is 40.5 Å². The van der Waals surface area contributed by atoms with Crippen LogP contribution >= 0.6 is 0 Å². The van der Waals surface area contributed by atoms with Crippen molar-refractivity contribution in [2.45, 2.75) is 43.4 Å². The summed E-state index contributed by atoms with van der Waals surface area (Å²) in [6.45, 7) is 5.51. The monoisotopic (exact) mass is 532 g/mol. The molecule has 0 saturated heterocycles. The highest BCUT2D eigenvalue weighted by Gasteiger charge is 2.64. The van der Waals surface area contributed by atoms with E-state index in [9.17, 15) is 13.2 Å². The molecule has 0 radical (unpaired) electrons. The topological polar surface area (TPSA) is 120 Å². The molecule has 0 spiro atoms. The Morgan fingerprint density at radius 3 is 2.53 bits per heavy atom. The van der Waals surface area contributed by atoms with Gasteiger partial charge in [-0.3, -0.25) is 14.8 Å². The number of hydrogen-bond donors (Lipinski definition) is 1. The fraction of sp³-hybridized carbons (Fsp3) is 0.286. The predicted molar refractivity (Wildman–Crippen MR) is 142 cm³/mol. The van der Waals surface area contributed by atoms with E-state index in [-0.39, 0.29) is 4.90 Å². The molecule has 0 bridgehead atoms. The van der Waals surface area contributed by atoms with Crippen LogP contribution in [0.5, 0.6) is 11.6 Å². The standard InChI is InChI=1S/C28H28N4O5S/c1-16-9-12-24(36-4)20(13-16)28(14-21(28)23-15-29-26(37-5)18(3)31-23)27(33)32-38(34,35)25-8-6-7-22-19(25)11-10-17(2)30-22/h6-13,15,21H,14H2,1-5H3,(H,32,33)/t21-,28-/m1/s1. The Morgan fingerprint density at radius 2 is 1.82 bits per heavy atom. The number of benzene rings is 2. The van der Waals surface area contributed by atoms with Crippen molar-refractivity contribution in [3.05, 3.63) is 82.9 Å². The SMILES string of the molecule is COc1ccc(C)cc1[C@]1(C(=O)NS(=O)(=O)c2cccc3nc(C)ccc23)C[C@@H]1c1cnc(OC)c(C)n1. The molecule has 1 aliphatic rings. The number of carbonyl (C=O) groups is 1. The number of aryl methyl sites for hydroxylation is 3. The molecular formula is C28H28N4O5S. The van der Waals surface area contributed by atoms with E-state index in [1.807, 2.05) is 26.0 Å². The molecule has 38 heavy (non-hydrogen) atoms. The number of fused-ring (bicyclic) bond motifs is 1. The van der Waals surface area contributed by atoms with Crippen molar-refractivity contribution in [2.75, 3.05) is 14.2 Å². The molecule has 1 N–H and O–H groups in total. The van der Waals surface area contributed by atoms with Crippen LogP contribution in [-0.2, 0) is 20.2 Å². The first-order valence-electron chi connectivity index (χ1n) is 12.1. The van der Waals surface area contributed by atoms with E-state index in [4.69, 9.17) is 9.47 Å². The number of pyridine rings is 1. The fourth-order valence-electron chi connectivity index (χ4n) is 5.05. The Kier molecular flexibility index (Phi) is 6.30. The molecule has 2 aromatic heterocycles. The Morgan fingerprint density at radius 1 is 1.03 bits per heavy atom. The number of carbonyl (C=O) groups excluding carboxylic acids is 1. The molecular weight excluding hydrogens is 504 g/mol. The highest BCUT2D eigenvalue weighted by atomic mass is 32.2. The number of amides is 1. The van der Waals surface area contributed by atoms with E-state index in [0.717, 1.165) is 11.3 Å². The van der Waals surface area contributed by atoms with Gasteiger partial charge >= 0.3 is 0 Å². The third kappa shape index (κ3) is 4.24. The normalized spacial score (nSPS) is 18.7. The minimum Gasteiger partial charge on any atom is -0.496 e. The first kappa shape index (κ1) is 25.6. The molecule has 2 aromatic carbocycles. The van der Waals surface area contributed by atoms with E-state index in [2.05, 4.69) is 19.7 Å². The van der Waals surface area contributed by atoms with Crippen molar-refractivity contribution >= 4 is 26.8 Å². The Hall–Kier alpha value is -4.05. The number of ether oxygens (including phenoxy) is 2. The molecule has 2 heterocycles. The summed E-state index contributed by atoms with van der Waals surface area (Å²) >= 11 is 0. The predicted octanol–water partition coefficient (Wildman–Crippen LogP) is 3.90. The number of aromatic nitrogens is 3. The van der Waals surface area contributed by atoms with E-state index in [1.165, 1.54) is 20.3 Å². The average Bonchev–Trinajstić information content (AvgIpc) is 3.65. The molecule has 10 heteroatoms. The first-order chi connectivity index (χ1) is 18.1. The zero-order valence-corrected chi connectivity index (χ0v) is 22.6. The minimum atomic E-state index is -4.24. The van der Waals surface area contributed by atoms with Gasteiger partial charge in [-0.1, -0.05) is 23.8 Å². The fourth-order valence-corrected chi connectivity index (χ4v) is 6.31. The molecule has 196 valence electrons. The molecule has 0 unspecified atom stereocenters. The lowest BCUT2D eigenvalue weighted by Gasteiger charge is -2.21. The van der Waals surface area contributed by atoms with Crippen molar-refractivity contribution in [2.24, 2.45) is 0 Å². The van der Waals surface area contributed by atoms with E-state index < -0.39 is 27.3 Å². The van der Waals surface area contributed by atoms with E-state index >= 15 is 0 Å². The van der Waals surface area contributed by atoms with Crippen molar-refractivity contribution in [1.29, 1.82) is 0 Å². The van der Waals surface area contributed by atoms with Crippen molar-refractivity contribution < 1.29 is 22.7 Å². The van der Waals surface area contributed by atoms with E-state index in [0.29, 0.717) is 45.9 Å². The van der Waals surface area contributed by atoms with Gasteiger partial charge in [0.05, 0.1) is 47.6 Å². The second kappa shape index (κ2) is 9.36. The zero-order valence-electron chi connectivity index (χ0n) is 21.8. The van der Waals surface area contributed by atoms with Crippen LogP contribution in [0.4, 0.5) is 0 Å². The van der Waals surface area contributed by atoms with Gasteiger partial charge in [0.1, 0.15) is 5.75 Å². The number of nitrogens with zero attached hydrogens (tertiary/aromatic N) is 3. The molecule has 1 amide bonds. The molecule has 5 rings (SSSR count). The molecule has 0 aliphatic heterocycles. The number of methoxy groups -OCH3 is 2. The Balaban J connectivity index is 1.60. The Bertz CT molecular complexity index is 1690. The van der Waals surface area contributed by atoms with Crippen LogP contribution in [-0.4, -0.2) is 43.5 Å². The van der Waals surface area contributed by atoms with Crippen LogP contribution in [0.2, 0.25) is 0 Å². The maximum Gasteiger partial charge on any atom is 0.264 e. The van der Waals surface area contributed by atoms with E-state index in [1.54, 1.807) is 43.5 Å². The molecule has 9 nitrogen and oxygen atoms in total. The van der Waals surface area contributed by atoms with Crippen molar-refractivity contribution in [1.82, 2.24) is 19.7 Å². The van der Waals surface area contributed by atoms with Gasteiger partial charge in [0.25, 0.3) is 10.0 Å². The molecule has 1 fully saturated rings. The van der Waals surface area contributed by atoms with Gasteiger partial charge in [-0.2, -0.15) is 0 Å². The zero-order chi connectivity index (χ0) is 27.2. The summed E-state index contributed by atoms with van der Waals surface area (Å²) in [7, 11) is -1.20. The van der Waals surface area contributed by atoms with Crippen LogP contribution in [0.15, 0.2) is 59.6 Å². The summed E-state index contributed by atoms with van der Waals surface area (Å²) in [5, 5.41) is 0.435. The van der Waals surface area contributed by atoms with Gasteiger partial charge in [0.15, 0.2) is 0 Å². The first-order valence-corrected chi connectivity index (χ1v) is 13.6. The number of hydrogen-bond acceptors (Lipinski definition) is 8. The number of nitrogens with one attached hydrogen (secondary N) is 1. The third-order valence-corrected chi connectivity index (χ3v) is 8.41. The van der Waals surface area contributed by atoms with Crippen molar-refractivity contribution in [3.8, 4) is 11.6 Å². The van der Waals surface area contributed by atoms with Crippen LogP contribution in [0.25, 0.3) is 10.9 Å². The largest absolute Gasteiger partial charge is 0.496 e. The van der Waals surface area contributed by atoms with Crippen LogP contribution in [0.3, 0.4) is 0 Å². The van der Waals surface area contributed by atoms with Gasteiger partial charge in [-0.15, -0.1) is 0 Å². The smallest absolute Gasteiger partial charge is 0.264 e. The third-order valence-electron chi connectivity index (χ3n) is 7.02. The summed E-state index contributed by atoms with van der Waals surface area (Å²) in [5.41, 5.74) is 2.73. The second-order valence-corrected chi connectivity index (χ2v) is 11.2. The Labute approximate surface area is 221 Å². The van der Waals surface area contributed by atoms with Gasteiger partial charge in [0, 0.05) is 22.6 Å². The lowest BCUT2D eigenvalue weighted by atomic mass is 9.89.